The Morgan fingerprint density at radius 2 is 1.58 bits per heavy atom. The van der Waals surface area contributed by atoms with Crippen molar-refractivity contribution in [2.75, 3.05) is 14.2 Å². The van der Waals surface area contributed by atoms with Crippen LogP contribution in [0.3, 0.4) is 0 Å². The topological polar surface area (TPSA) is 45.7 Å². The van der Waals surface area contributed by atoms with Crippen LogP contribution in [0.25, 0.3) is 0 Å². The highest BCUT2D eigenvalue weighted by molar-refractivity contribution is 5.79. The fraction of sp³-hybridized carbons (Fsp3) is 0.316. The molecule has 0 bridgehead atoms. The molecule has 0 atom stereocenters. The molecule has 0 aliphatic carbocycles. The lowest BCUT2D eigenvalue weighted by Gasteiger charge is -2.13. The summed E-state index contributed by atoms with van der Waals surface area (Å²) in [6.07, 6.45) is 0. The fourth-order valence-electron chi connectivity index (χ4n) is 2.31. The van der Waals surface area contributed by atoms with Crippen molar-refractivity contribution in [1.29, 1.82) is 0 Å². The van der Waals surface area contributed by atoms with E-state index in [1.165, 1.54) is 0 Å². The molecular weight excluding hydrogens is 305 g/mol. The summed E-state index contributed by atoms with van der Waals surface area (Å²) in [5.41, 5.74) is 3.72. The molecule has 0 fully saturated rings. The molecule has 2 rings (SSSR count). The van der Waals surface area contributed by atoms with Crippen LogP contribution >= 0.6 is 0 Å². The molecule has 0 radical (unpaired) electrons. The number of ether oxygens (including phenoxy) is 1. The van der Waals surface area contributed by atoms with Gasteiger partial charge in [-0.25, -0.2) is 4.39 Å². The molecule has 2 aromatic rings. The largest absolute Gasteiger partial charge is 0.496 e. The maximum atomic E-state index is 13.6. The molecule has 2 aromatic carbocycles. The van der Waals surface area contributed by atoms with Crippen LogP contribution in [-0.4, -0.2) is 20.1 Å². The van der Waals surface area contributed by atoms with E-state index < -0.39 is 0 Å². The van der Waals surface area contributed by atoms with Gasteiger partial charge in [-0.05, 0) is 48.2 Å². The lowest BCUT2D eigenvalue weighted by atomic mass is 10.1. The van der Waals surface area contributed by atoms with Crippen LogP contribution in [0.1, 0.15) is 22.3 Å². The molecule has 0 saturated heterocycles. The van der Waals surface area contributed by atoms with Crippen molar-refractivity contribution in [1.82, 2.24) is 10.6 Å². The first-order valence-electron chi connectivity index (χ1n) is 7.86. The second-order valence-electron chi connectivity index (χ2n) is 5.67. The van der Waals surface area contributed by atoms with E-state index in [2.05, 4.69) is 15.6 Å². The number of aryl methyl sites for hydroxylation is 2. The minimum absolute atomic E-state index is 0.191. The summed E-state index contributed by atoms with van der Waals surface area (Å²) >= 11 is 0. The Morgan fingerprint density at radius 3 is 2.12 bits per heavy atom. The maximum absolute atomic E-state index is 13.6. The van der Waals surface area contributed by atoms with Gasteiger partial charge in [0.2, 0.25) is 0 Å². The van der Waals surface area contributed by atoms with E-state index in [0.29, 0.717) is 24.6 Å². The van der Waals surface area contributed by atoms with Crippen LogP contribution < -0.4 is 15.4 Å². The first-order valence-corrected chi connectivity index (χ1v) is 7.86. The summed E-state index contributed by atoms with van der Waals surface area (Å²) in [4.78, 5) is 4.19. The summed E-state index contributed by atoms with van der Waals surface area (Å²) in [7, 11) is 3.38. The third-order valence-corrected chi connectivity index (χ3v) is 3.85. The van der Waals surface area contributed by atoms with Crippen molar-refractivity contribution in [2.45, 2.75) is 26.9 Å². The SMILES string of the molecule is CN=C(NCc1ccc(C)c(F)c1)NCc1ccc(C)c(OC)c1. The van der Waals surface area contributed by atoms with Gasteiger partial charge in [0.25, 0.3) is 0 Å². The van der Waals surface area contributed by atoms with Crippen LogP contribution in [0, 0.1) is 19.7 Å². The van der Waals surface area contributed by atoms with Crippen molar-refractivity contribution >= 4 is 5.96 Å². The van der Waals surface area contributed by atoms with E-state index in [1.807, 2.05) is 31.2 Å². The van der Waals surface area contributed by atoms with Gasteiger partial charge in [0.05, 0.1) is 7.11 Å². The molecule has 0 heterocycles. The van der Waals surface area contributed by atoms with Gasteiger partial charge in [0, 0.05) is 20.1 Å². The van der Waals surface area contributed by atoms with Crippen LogP contribution in [0.2, 0.25) is 0 Å². The molecule has 128 valence electrons. The monoisotopic (exact) mass is 329 g/mol. The van der Waals surface area contributed by atoms with Gasteiger partial charge in [0.15, 0.2) is 5.96 Å². The van der Waals surface area contributed by atoms with Crippen LogP contribution in [0.15, 0.2) is 41.4 Å². The van der Waals surface area contributed by atoms with E-state index in [1.54, 1.807) is 33.2 Å². The molecule has 0 amide bonds. The normalized spacial score (nSPS) is 11.3. The van der Waals surface area contributed by atoms with E-state index in [4.69, 9.17) is 4.74 Å². The molecule has 24 heavy (non-hydrogen) atoms. The maximum Gasteiger partial charge on any atom is 0.191 e. The Balaban J connectivity index is 1.91. The average molecular weight is 329 g/mol. The Kier molecular flexibility index (Phi) is 6.18. The number of benzene rings is 2. The third kappa shape index (κ3) is 4.72. The second kappa shape index (κ2) is 8.34. The van der Waals surface area contributed by atoms with E-state index in [9.17, 15) is 4.39 Å². The van der Waals surface area contributed by atoms with Gasteiger partial charge >= 0.3 is 0 Å². The van der Waals surface area contributed by atoms with E-state index in [0.717, 1.165) is 22.4 Å². The summed E-state index contributed by atoms with van der Waals surface area (Å²) in [5, 5.41) is 6.43. The first kappa shape index (κ1) is 17.8. The standard InChI is InChI=1S/C19H24FN3O/c1-13-5-7-15(9-17(13)20)11-22-19(21-3)23-12-16-8-6-14(2)18(10-16)24-4/h5-10H,11-12H2,1-4H3,(H2,21,22,23). The average Bonchev–Trinajstić information content (AvgIpc) is 2.59. The van der Waals surface area contributed by atoms with Gasteiger partial charge in [-0.2, -0.15) is 0 Å². The number of methoxy groups -OCH3 is 1. The summed E-state index contributed by atoms with van der Waals surface area (Å²) < 4.78 is 18.9. The Bertz CT molecular complexity index is 729. The highest BCUT2D eigenvalue weighted by atomic mass is 19.1. The minimum Gasteiger partial charge on any atom is -0.496 e. The molecule has 4 nitrogen and oxygen atoms in total. The van der Waals surface area contributed by atoms with Crippen molar-refractivity contribution in [2.24, 2.45) is 4.99 Å². The van der Waals surface area contributed by atoms with Crippen molar-refractivity contribution in [3.8, 4) is 5.75 Å². The van der Waals surface area contributed by atoms with Crippen LogP contribution in [-0.2, 0) is 13.1 Å². The van der Waals surface area contributed by atoms with Gasteiger partial charge < -0.3 is 15.4 Å². The summed E-state index contributed by atoms with van der Waals surface area (Å²) in [6, 6.07) is 11.3. The van der Waals surface area contributed by atoms with E-state index in [-0.39, 0.29) is 5.82 Å². The highest BCUT2D eigenvalue weighted by Gasteiger charge is 2.04. The van der Waals surface area contributed by atoms with Gasteiger partial charge in [-0.3, -0.25) is 4.99 Å². The number of hydrogen-bond acceptors (Lipinski definition) is 2. The quantitative estimate of drug-likeness (QED) is 0.653. The van der Waals surface area contributed by atoms with Gasteiger partial charge in [-0.15, -0.1) is 0 Å². The third-order valence-electron chi connectivity index (χ3n) is 3.85. The summed E-state index contributed by atoms with van der Waals surface area (Å²) in [6.45, 7) is 4.90. The Hall–Kier alpha value is -2.56. The van der Waals surface area contributed by atoms with Crippen molar-refractivity contribution in [3.63, 3.8) is 0 Å². The molecular formula is C19H24FN3O. The molecule has 5 heteroatoms. The lowest BCUT2D eigenvalue weighted by Crippen LogP contribution is -2.36. The number of hydrogen-bond donors (Lipinski definition) is 2. The number of halogens is 1. The molecule has 0 aliphatic rings. The predicted molar refractivity (Wildman–Crippen MR) is 95.9 cm³/mol. The second-order valence-corrected chi connectivity index (χ2v) is 5.67. The van der Waals surface area contributed by atoms with Crippen LogP contribution in [0.4, 0.5) is 4.39 Å². The molecule has 0 aliphatic heterocycles. The van der Waals surface area contributed by atoms with Crippen LogP contribution in [0.5, 0.6) is 5.75 Å². The van der Waals surface area contributed by atoms with Crippen molar-refractivity contribution in [3.05, 3.63) is 64.5 Å². The minimum atomic E-state index is -0.191. The zero-order valence-corrected chi connectivity index (χ0v) is 14.6. The van der Waals surface area contributed by atoms with Crippen molar-refractivity contribution < 1.29 is 9.13 Å². The number of aliphatic imine (C=N–C) groups is 1. The zero-order valence-electron chi connectivity index (χ0n) is 14.6. The molecule has 0 aromatic heterocycles. The number of guanidine groups is 1. The Morgan fingerprint density at radius 1 is 1.00 bits per heavy atom. The Labute approximate surface area is 142 Å². The highest BCUT2D eigenvalue weighted by Crippen LogP contribution is 2.18. The smallest absolute Gasteiger partial charge is 0.191 e. The van der Waals surface area contributed by atoms with Gasteiger partial charge in [-0.1, -0.05) is 24.3 Å². The van der Waals surface area contributed by atoms with E-state index >= 15 is 0 Å². The number of rotatable bonds is 5. The predicted octanol–water partition coefficient (Wildman–Crippen LogP) is 3.32. The summed E-state index contributed by atoms with van der Waals surface area (Å²) in [5.74, 6) is 1.34. The molecule has 0 saturated carbocycles. The zero-order chi connectivity index (χ0) is 17.5. The van der Waals surface area contributed by atoms with Gasteiger partial charge in [0.1, 0.15) is 11.6 Å². The lowest BCUT2D eigenvalue weighted by molar-refractivity contribution is 0.411. The fourth-order valence-corrected chi connectivity index (χ4v) is 2.31. The molecule has 0 unspecified atom stereocenters. The first-order chi connectivity index (χ1) is 11.5. The molecule has 0 spiro atoms. The number of nitrogens with zero attached hydrogens (tertiary/aromatic N) is 1. The number of nitrogens with one attached hydrogen (secondary N) is 2. The molecule has 2 N–H and O–H groups in total.